The third-order valence-corrected chi connectivity index (χ3v) is 2.64. The van der Waals surface area contributed by atoms with Crippen molar-refractivity contribution in [2.45, 2.75) is 19.5 Å². The normalized spacial score (nSPS) is 12.0. The fourth-order valence-electron chi connectivity index (χ4n) is 1.86. The highest BCUT2D eigenvalue weighted by atomic mass is 16.4. The number of urea groups is 1. The van der Waals surface area contributed by atoms with Crippen LogP contribution in [0.25, 0.3) is 0 Å². The van der Waals surface area contributed by atoms with Gasteiger partial charge in [-0.3, -0.25) is 0 Å². The summed E-state index contributed by atoms with van der Waals surface area (Å²) in [6.07, 6.45) is 0. The smallest absolute Gasteiger partial charge is 0.335 e. The topological polar surface area (TPSA) is 81.7 Å². The molecule has 0 aliphatic rings. The molecule has 6 heteroatoms. The summed E-state index contributed by atoms with van der Waals surface area (Å²) in [7, 11) is 3.88. The molecule has 0 bridgehead atoms. The molecule has 1 atom stereocenters. The van der Waals surface area contributed by atoms with E-state index in [0.29, 0.717) is 6.54 Å². The minimum atomic E-state index is -0.976. The highest BCUT2D eigenvalue weighted by Gasteiger charge is 2.08. The molecule has 20 heavy (non-hydrogen) atoms. The quantitative estimate of drug-likeness (QED) is 0.729. The van der Waals surface area contributed by atoms with Crippen molar-refractivity contribution in [3.63, 3.8) is 0 Å². The van der Waals surface area contributed by atoms with E-state index in [9.17, 15) is 9.59 Å². The molecule has 0 radical (unpaired) electrons. The monoisotopic (exact) mass is 279 g/mol. The van der Waals surface area contributed by atoms with Gasteiger partial charge in [-0.25, -0.2) is 9.59 Å². The molecule has 1 aromatic rings. The highest BCUT2D eigenvalue weighted by Crippen LogP contribution is 2.04. The van der Waals surface area contributed by atoms with Crippen molar-refractivity contribution >= 4 is 12.0 Å². The van der Waals surface area contributed by atoms with Crippen molar-refractivity contribution in [1.82, 2.24) is 15.5 Å². The standard InChI is InChI=1S/C14H21N3O3/c1-10(9-17(2)3)16-14(20)15-8-11-5-4-6-12(7-11)13(18)19/h4-7,10H,8-9H2,1-3H3,(H,18,19)(H2,15,16,20). The molecular formula is C14H21N3O3. The van der Waals surface area contributed by atoms with Gasteiger partial charge in [0.05, 0.1) is 5.56 Å². The Morgan fingerprint density at radius 1 is 1.35 bits per heavy atom. The van der Waals surface area contributed by atoms with Crippen LogP contribution in [0.5, 0.6) is 0 Å². The van der Waals surface area contributed by atoms with Gasteiger partial charge >= 0.3 is 12.0 Å². The van der Waals surface area contributed by atoms with E-state index in [0.717, 1.165) is 12.1 Å². The van der Waals surface area contributed by atoms with Gasteiger partial charge in [0.15, 0.2) is 0 Å². The molecule has 6 nitrogen and oxygen atoms in total. The predicted octanol–water partition coefficient (Wildman–Crippen LogP) is 1.13. The zero-order chi connectivity index (χ0) is 15.1. The van der Waals surface area contributed by atoms with E-state index in [4.69, 9.17) is 5.11 Å². The molecule has 0 aromatic heterocycles. The van der Waals surface area contributed by atoms with Gasteiger partial charge in [-0.1, -0.05) is 12.1 Å². The fraction of sp³-hybridized carbons (Fsp3) is 0.429. The average Bonchev–Trinajstić information content (AvgIpc) is 2.35. The second-order valence-electron chi connectivity index (χ2n) is 5.00. The van der Waals surface area contributed by atoms with Gasteiger partial charge < -0.3 is 20.6 Å². The summed E-state index contributed by atoms with van der Waals surface area (Å²) in [5, 5.41) is 14.4. The number of rotatable bonds is 6. The number of amides is 2. The number of carboxylic acids is 1. The number of nitrogens with zero attached hydrogens (tertiary/aromatic N) is 1. The van der Waals surface area contributed by atoms with Gasteiger partial charge in [0.1, 0.15) is 0 Å². The van der Waals surface area contributed by atoms with Crippen LogP contribution < -0.4 is 10.6 Å². The highest BCUT2D eigenvalue weighted by molar-refractivity contribution is 5.87. The molecule has 1 aromatic carbocycles. The van der Waals surface area contributed by atoms with E-state index in [1.165, 1.54) is 6.07 Å². The average molecular weight is 279 g/mol. The Labute approximate surface area is 118 Å². The number of nitrogens with one attached hydrogen (secondary N) is 2. The molecule has 0 heterocycles. The summed E-state index contributed by atoms with van der Waals surface area (Å²) in [4.78, 5) is 24.5. The Morgan fingerprint density at radius 3 is 2.65 bits per heavy atom. The van der Waals surface area contributed by atoms with Crippen molar-refractivity contribution < 1.29 is 14.7 Å². The van der Waals surface area contributed by atoms with Crippen LogP contribution in [0.15, 0.2) is 24.3 Å². The number of likely N-dealkylation sites (N-methyl/N-ethyl adjacent to an activating group) is 1. The van der Waals surface area contributed by atoms with E-state index in [1.807, 2.05) is 25.9 Å². The number of carbonyl (C=O) groups excluding carboxylic acids is 1. The Balaban J connectivity index is 2.45. The molecule has 2 amide bonds. The number of hydrogen-bond donors (Lipinski definition) is 3. The van der Waals surface area contributed by atoms with Crippen LogP contribution in [0.1, 0.15) is 22.8 Å². The van der Waals surface area contributed by atoms with Gasteiger partial charge in [0.2, 0.25) is 0 Å². The van der Waals surface area contributed by atoms with Crippen LogP contribution in [0.2, 0.25) is 0 Å². The zero-order valence-corrected chi connectivity index (χ0v) is 12.0. The lowest BCUT2D eigenvalue weighted by Gasteiger charge is -2.18. The Bertz CT molecular complexity index is 474. The van der Waals surface area contributed by atoms with Crippen molar-refractivity contribution in [3.05, 3.63) is 35.4 Å². The molecule has 0 aliphatic carbocycles. The Hall–Kier alpha value is -2.08. The molecule has 0 saturated heterocycles. The van der Waals surface area contributed by atoms with Crippen molar-refractivity contribution in [1.29, 1.82) is 0 Å². The minimum Gasteiger partial charge on any atom is -0.478 e. The molecule has 1 unspecified atom stereocenters. The van der Waals surface area contributed by atoms with Crippen molar-refractivity contribution in [3.8, 4) is 0 Å². The van der Waals surface area contributed by atoms with Gasteiger partial charge in [-0.2, -0.15) is 0 Å². The summed E-state index contributed by atoms with van der Waals surface area (Å²) >= 11 is 0. The lowest BCUT2D eigenvalue weighted by Crippen LogP contribution is -2.44. The maximum Gasteiger partial charge on any atom is 0.335 e. The summed E-state index contributed by atoms with van der Waals surface area (Å²) < 4.78 is 0. The van der Waals surface area contributed by atoms with E-state index < -0.39 is 5.97 Å². The van der Waals surface area contributed by atoms with Crippen molar-refractivity contribution in [2.24, 2.45) is 0 Å². The summed E-state index contributed by atoms with van der Waals surface area (Å²) in [6.45, 7) is 2.97. The first-order valence-electron chi connectivity index (χ1n) is 6.40. The SMILES string of the molecule is CC(CN(C)C)NC(=O)NCc1cccc(C(=O)O)c1. The predicted molar refractivity (Wildman–Crippen MR) is 76.8 cm³/mol. The first-order chi connectivity index (χ1) is 9.38. The zero-order valence-electron chi connectivity index (χ0n) is 12.0. The summed E-state index contributed by atoms with van der Waals surface area (Å²) in [6, 6.07) is 6.27. The fourth-order valence-corrected chi connectivity index (χ4v) is 1.86. The van der Waals surface area contributed by atoms with Gasteiger partial charge in [-0.05, 0) is 38.7 Å². The Kier molecular flexibility index (Phi) is 5.99. The van der Waals surface area contributed by atoms with E-state index >= 15 is 0 Å². The van der Waals surface area contributed by atoms with Gasteiger partial charge in [-0.15, -0.1) is 0 Å². The maximum absolute atomic E-state index is 11.7. The van der Waals surface area contributed by atoms with Crippen LogP contribution in [0.3, 0.4) is 0 Å². The van der Waals surface area contributed by atoms with Crippen LogP contribution in [-0.4, -0.2) is 48.7 Å². The third-order valence-electron chi connectivity index (χ3n) is 2.64. The summed E-state index contributed by atoms with van der Waals surface area (Å²) in [5.74, 6) is -0.976. The van der Waals surface area contributed by atoms with Gasteiger partial charge in [0, 0.05) is 19.1 Å². The van der Waals surface area contributed by atoms with Crippen LogP contribution in [-0.2, 0) is 6.54 Å². The first kappa shape index (κ1) is 16.0. The number of aromatic carboxylic acids is 1. The van der Waals surface area contributed by atoms with Crippen LogP contribution in [0.4, 0.5) is 4.79 Å². The number of carbonyl (C=O) groups is 2. The molecule has 0 spiro atoms. The van der Waals surface area contributed by atoms with E-state index in [-0.39, 0.29) is 17.6 Å². The second-order valence-corrected chi connectivity index (χ2v) is 5.00. The number of carboxylic acid groups (broad SMARTS) is 1. The van der Waals surface area contributed by atoms with Gasteiger partial charge in [0.25, 0.3) is 0 Å². The molecule has 110 valence electrons. The lowest BCUT2D eigenvalue weighted by molar-refractivity contribution is 0.0696. The second kappa shape index (κ2) is 7.49. The molecular weight excluding hydrogens is 258 g/mol. The maximum atomic E-state index is 11.7. The molecule has 0 aliphatic heterocycles. The summed E-state index contributed by atoms with van der Waals surface area (Å²) in [5.41, 5.74) is 0.964. The Morgan fingerprint density at radius 2 is 2.05 bits per heavy atom. The minimum absolute atomic E-state index is 0.0374. The third kappa shape index (κ3) is 5.71. The lowest BCUT2D eigenvalue weighted by atomic mass is 10.1. The molecule has 3 N–H and O–H groups in total. The molecule has 1 rings (SSSR count). The molecule has 0 saturated carbocycles. The molecule has 0 fully saturated rings. The number of hydrogen-bond acceptors (Lipinski definition) is 3. The van der Waals surface area contributed by atoms with Crippen LogP contribution in [0, 0.1) is 0 Å². The van der Waals surface area contributed by atoms with E-state index in [1.54, 1.807) is 18.2 Å². The van der Waals surface area contributed by atoms with Crippen molar-refractivity contribution in [2.75, 3.05) is 20.6 Å². The number of benzene rings is 1. The largest absolute Gasteiger partial charge is 0.478 e. The van der Waals surface area contributed by atoms with E-state index in [2.05, 4.69) is 10.6 Å². The first-order valence-corrected chi connectivity index (χ1v) is 6.40. The van der Waals surface area contributed by atoms with Crippen LogP contribution >= 0.6 is 0 Å².